The van der Waals surface area contributed by atoms with Gasteiger partial charge in [-0.25, -0.2) is 4.79 Å². The zero-order valence-electron chi connectivity index (χ0n) is 18.0. The number of thioether (sulfide) groups is 1. The number of aliphatic hydroxyl groups is 1. The molecule has 0 aromatic heterocycles. The molecule has 0 aliphatic heterocycles. The number of carbonyl (C=O) groups is 1. The van der Waals surface area contributed by atoms with Crippen LogP contribution in [0.2, 0.25) is 0 Å². The summed E-state index contributed by atoms with van der Waals surface area (Å²) in [4.78, 5) is 12.4. The SMILES string of the molecule is COc1ccc(CSC[C@@H](CO)NC(=O)OCC2c3ccccc3-c3ccccc32)cc1. The van der Waals surface area contributed by atoms with Gasteiger partial charge in [-0.05, 0) is 39.9 Å². The third-order valence-electron chi connectivity index (χ3n) is 5.63. The number of benzene rings is 3. The highest BCUT2D eigenvalue weighted by atomic mass is 32.2. The number of rotatable bonds is 9. The lowest BCUT2D eigenvalue weighted by molar-refractivity contribution is 0.134. The van der Waals surface area contributed by atoms with Crippen LogP contribution < -0.4 is 10.1 Å². The Labute approximate surface area is 192 Å². The molecule has 1 aliphatic carbocycles. The van der Waals surface area contributed by atoms with E-state index in [1.807, 2.05) is 48.5 Å². The van der Waals surface area contributed by atoms with Crippen LogP contribution >= 0.6 is 11.8 Å². The van der Waals surface area contributed by atoms with Crippen molar-refractivity contribution < 1.29 is 19.4 Å². The summed E-state index contributed by atoms with van der Waals surface area (Å²) >= 11 is 1.65. The summed E-state index contributed by atoms with van der Waals surface area (Å²) in [6, 6.07) is 24.0. The third kappa shape index (κ3) is 5.09. The Morgan fingerprint density at radius 3 is 2.22 bits per heavy atom. The maximum absolute atomic E-state index is 12.4. The van der Waals surface area contributed by atoms with Crippen molar-refractivity contribution in [3.63, 3.8) is 0 Å². The average Bonchev–Trinajstić information content (AvgIpc) is 3.16. The van der Waals surface area contributed by atoms with Crippen molar-refractivity contribution in [3.05, 3.63) is 89.5 Å². The molecular weight excluding hydrogens is 422 g/mol. The van der Waals surface area contributed by atoms with Crippen molar-refractivity contribution in [1.29, 1.82) is 0 Å². The Bertz CT molecular complexity index is 1010. The van der Waals surface area contributed by atoms with Crippen molar-refractivity contribution in [1.82, 2.24) is 5.32 Å². The number of hydrogen-bond acceptors (Lipinski definition) is 5. The monoisotopic (exact) mass is 449 g/mol. The lowest BCUT2D eigenvalue weighted by Gasteiger charge is -2.18. The highest BCUT2D eigenvalue weighted by Crippen LogP contribution is 2.44. The molecule has 1 amide bonds. The molecule has 1 atom stereocenters. The lowest BCUT2D eigenvalue weighted by atomic mass is 9.98. The summed E-state index contributed by atoms with van der Waals surface area (Å²) in [5, 5.41) is 12.5. The van der Waals surface area contributed by atoms with Crippen LogP contribution in [0, 0.1) is 0 Å². The van der Waals surface area contributed by atoms with E-state index in [2.05, 4.69) is 29.6 Å². The Morgan fingerprint density at radius 1 is 1.00 bits per heavy atom. The fraction of sp³-hybridized carbons (Fsp3) is 0.269. The second-order valence-corrected chi connectivity index (χ2v) is 8.74. The molecule has 166 valence electrons. The number of aliphatic hydroxyl groups excluding tert-OH is 1. The molecule has 0 fully saturated rings. The second kappa shape index (κ2) is 10.6. The van der Waals surface area contributed by atoms with Crippen LogP contribution in [0.25, 0.3) is 11.1 Å². The Morgan fingerprint density at radius 2 is 1.62 bits per heavy atom. The molecule has 32 heavy (non-hydrogen) atoms. The minimum absolute atomic E-state index is 0.0187. The number of amides is 1. The van der Waals surface area contributed by atoms with Crippen LogP contribution in [0.4, 0.5) is 4.79 Å². The molecule has 0 heterocycles. The fourth-order valence-corrected chi connectivity index (χ4v) is 5.01. The Kier molecular flexibility index (Phi) is 7.35. The van der Waals surface area contributed by atoms with E-state index in [1.54, 1.807) is 18.9 Å². The average molecular weight is 450 g/mol. The van der Waals surface area contributed by atoms with Crippen LogP contribution in [0.15, 0.2) is 72.8 Å². The van der Waals surface area contributed by atoms with Gasteiger partial charge in [0.1, 0.15) is 12.4 Å². The summed E-state index contributed by atoms with van der Waals surface area (Å²) in [5.74, 6) is 2.22. The van der Waals surface area contributed by atoms with Crippen molar-refractivity contribution in [2.45, 2.75) is 17.7 Å². The maximum atomic E-state index is 12.4. The molecule has 1 aliphatic rings. The largest absolute Gasteiger partial charge is 0.497 e. The number of methoxy groups -OCH3 is 1. The van der Waals surface area contributed by atoms with Gasteiger partial charge in [0.25, 0.3) is 0 Å². The topological polar surface area (TPSA) is 67.8 Å². The zero-order chi connectivity index (χ0) is 22.3. The van der Waals surface area contributed by atoms with Gasteiger partial charge in [0, 0.05) is 17.4 Å². The minimum Gasteiger partial charge on any atom is -0.497 e. The molecule has 0 bridgehead atoms. The fourth-order valence-electron chi connectivity index (χ4n) is 3.99. The molecule has 3 aromatic carbocycles. The molecule has 5 nitrogen and oxygen atoms in total. The minimum atomic E-state index is -0.504. The van der Waals surface area contributed by atoms with Gasteiger partial charge in [-0.15, -0.1) is 0 Å². The lowest BCUT2D eigenvalue weighted by Crippen LogP contribution is -2.40. The quantitative estimate of drug-likeness (QED) is 0.490. The van der Waals surface area contributed by atoms with Gasteiger partial charge < -0.3 is 19.9 Å². The molecule has 4 rings (SSSR count). The Hall–Kier alpha value is -2.96. The standard InChI is InChI=1S/C26H27NO4S/c1-30-20-12-10-18(11-13-20)16-32-17-19(14-28)27-26(29)31-15-25-23-8-4-2-6-21(23)22-7-3-5-9-24(22)25/h2-13,19,25,28H,14-17H2,1H3,(H,27,29)/t19-/m1/s1. The summed E-state index contributed by atoms with van der Waals surface area (Å²) in [5.41, 5.74) is 5.90. The van der Waals surface area contributed by atoms with E-state index in [0.29, 0.717) is 5.75 Å². The number of ether oxygens (including phenoxy) is 2. The zero-order valence-corrected chi connectivity index (χ0v) is 18.8. The number of hydrogen-bond donors (Lipinski definition) is 2. The first kappa shape index (κ1) is 22.2. The number of fused-ring (bicyclic) bond motifs is 3. The molecule has 6 heteroatoms. The normalized spacial score (nSPS) is 13.2. The predicted octanol–water partition coefficient (Wildman–Crippen LogP) is 4.83. The van der Waals surface area contributed by atoms with Crippen LogP contribution in [0.3, 0.4) is 0 Å². The molecule has 3 aromatic rings. The molecular formula is C26H27NO4S. The maximum Gasteiger partial charge on any atom is 0.407 e. The van der Waals surface area contributed by atoms with E-state index in [9.17, 15) is 9.90 Å². The first-order valence-electron chi connectivity index (χ1n) is 10.6. The second-order valence-electron chi connectivity index (χ2n) is 7.71. The van der Waals surface area contributed by atoms with E-state index in [4.69, 9.17) is 9.47 Å². The highest BCUT2D eigenvalue weighted by Gasteiger charge is 2.29. The first-order chi connectivity index (χ1) is 15.7. The van der Waals surface area contributed by atoms with Gasteiger partial charge in [-0.2, -0.15) is 11.8 Å². The Balaban J connectivity index is 1.28. The van der Waals surface area contributed by atoms with Gasteiger partial charge in [-0.3, -0.25) is 0 Å². The van der Waals surface area contributed by atoms with E-state index in [1.165, 1.54) is 22.3 Å². The van der Waals surface area contributed by atoms with Crippen molar-refractivity contribution in [2.24, 2.45) is 0 Å². The summed E-state index contributed by atoms with van der Waals surface area (Å²) < 4.78 is 10.7. The molecule has 0 saturated carbocycles. The van der Waals surface area contributed by atoms with Gasteiger partial charge in [-0.1, -0.05) is 60.7 Å². The molecule has 0 unspecified atom stereocenters. The molecule has 2 N–H and O–H groups in total. The summed E-state index contributed by atoms with van der Waals surface area (Å²) in [7, 11) is 1.64. The summed E-state index contributed by atoms with van der Waals surface area (Å²) in [6.07, 6.45) is -0.504. The third-order valence-corrected chi connectivity index (χ3v) is 6.81. The van der Waals surface area contributed by atoms with Gasteiger partial charge in [0.05, 0.1) is 19.8 Å². The van der Waals surface area contributed by atoms with Crippen molar-refractivity contribution in [2.75, 3.05) is 26.1 Å². The van der Waals surface area contributed by atoms with Gasteiger partial charge in [0.15, 0.2) is 0 Å². The van der Waals surface area contributed by atoms with E-state index >= 15 is 0 Å². The smallest absolute Gasteiger partial charge is 0.407 e. The van der Waals surface area contributed by atoms with E-state index < -0.39 is 6.09 Å². The van der Waals surface area contributed by atoms with E-state index in [0.717, 1.165) is 17.1 Å². The van der Waals surface area contributed by atoms with Crippen LogP contribution in [0.5, 0.6) is 5.75 Å². The molecule has 0 saturated heterocycles. The predicted molar refractivity (Wildman–Crippen MR) is 128 cm³/mol. The van der Waals surface area contributed by atoms with Crippen LogP contribution in [-0.2, 0) is 10.5 Å². The molecule has 0 radical (unpaired) electrons. The van der Waals surface area contributed by atoms with Crippen molar-refractivity contribution >= 4 is 17.9 Å². The number of carbonyl (C=O) groups excluding carboxylic acids is 1. The van der Waals surface area contributed by atoms with Crippen LogP contribution in [-0.4, -0.2) is 43.3 Å². The van der Waals surface area contributed by atoms with E-state index in [-0.39, 0.29) is 25.2 Å². The molecule has 0 spiro atoms. The van der Waals surface area contributed by atoms with Gasteiger partial charge in [0.2, 0.25) is 0 Å². The van der Waals surface area contributed by atoms with Crippen molar-refractivity contribution in [3.8, 4) is 16.9 Å². The van der Waals surface area contributed by atoms with Gasteiger partial charge >= 0.3 is 6.09 Å². The first-order valence-corrected chi connectivity index (χ1v) is 11.8. The van der Waals surface area contributed by atoms with Crippen LogP contribution in [0.1, 0.15) is 22.6 Å². The number of alkyl carbamates (subject to hydrolysis) is 1. The highest BCUT2D eigenvalue weighted by molar-refractivity contribution is 7.98. The number of nitrogens with one attached hydrogen (secondary N) is 1. The summed E-state index contributed by atoms with van der Waals surface area (Å²) in [6.45, 7) is 0.122.